The molecule has 0 aromatic rings. The summed E-state index contributed by atoms with van der Waals surface area (Å²) in [5.41, 5.74) is 3.70. The number of rotatable bonds is 4. The molecule has 3 nitrogen and oxygen atoms in total. The molecule has 0 aromatic carbocycles. The lowest BCUT2D eigenvalue weighted by Crippen LogP contribution is -2.64. The lowest BCUT2D eigenvalue weighted by atomic mass is 9.68. The zero-order chi connectivity index (χ0) is 14.9. The molecule has 3 fully saturated rings. The summed E-state index contributed by atoms with van der Waals surface area (Å²) in [4.78, 5) is 2.81. The van der Waals surface area contributed by atoms with Gasteiger partial charge in [0.25, 0.3) is 0 Å². The van der Waals surface area contributed by atoms with Gasteiger partial charge in [0.05, 0.1) is 0 Å². The van der Waals surface area contributed by atoms with Crippen molar-refractivity contribution in [2.24, 2.45) is 23.6 Å². The smallest absolute Gasteiger partial charge is 0.0423 e. The molecule has 2 saturated carbocycles. The topological polar surface area (TPSA) is 41.3 Å². The maximum absolute atomic E-state index is 6.15. The predicted octanol–water partition coefficient (Wildman–Crippen LogP) is 3.30. The third kappa shape index (κ3) is 3.02. The van der Waals surface area contributed by atoms with Gasteiger partial charge in [0, 0.05) is 11.6 Å². The minimum atomic E-state index is 0.368. The van der Waals surface area contributed by atoms with Gasteiger partial charge in [-0.15, -0.1) is 0 Å². The number of hydrogen-bond donors (Lipinski definition) is 2. The second-order valence-corrected chi connectivity index (χ2v) is 8.33. The fourth-order valence-electron chi connectivity index (χ4n) is 5.98. The van der Waals surface area contributed by atoms with Crippen molar-refractivity contribution in [3.05, 3.63) is 0 Å². The Balaban J connectivity index is 1.81. The van der Waals surface area contributed by atoms with Crippen LogP contribution in [0.2, 0.25) is 0 Å². The van der Waals surface area contributed by atoms with E-state index in [0.717, 1.165) is 17.8 Å². The van der Waals surface area contributed by atoms with E-state index in [4.69, 9.17) is 5.84 Å². The molecular weight excluding hydrogens is 258 g/mol. The minimum Gasteiger partial charge on any atom is -0.296 e. The zero-order valence-corrected chi connectivity index (χ0v) is 14.1. The molecule has 2 aliphatic carbocycles. The quantitative estimate of drug-likeness (QED) is 0.617. The van der Waals surface area contributed by atoms with Crippen molar-refractivity contribution >= 4 is 0 Å². The Morgan fingerprint density at radius 2 is 1.52 bits per heavy atom. The third-order valence-electron chi connectivity index (χ3n) is 6.65. The van der Waals surface area contributed by atoms with E-state index in [0.29, 0.717) is 11.6 Å². The van der Waals surface area contributed by atoms with E-state index < -0.39 is 0 Å². The van der Waals surface area contributed by atoms with Gasteiger partial charge in [-0.1, -0.05) is 26.7 Å². The highest BCUT2D eigenvalue weighted by atomic mass is 15.3. The second-order valence-electron chi connectivity index (χ2n) is 8.33. The molecule has 3 aliphatic rings. The number of nitrogens with two attached hydrogens (primary N) is 1. The molecule has 122 valence electrons. The van der Waals surface area contributed by atoms with Crippen molar-refractivity contribution in [3.8, 4) is 0 Å². The van der Waals surface area contributed by atoms with Crippen LogP contribution < -0.4 is 11.3 Å². The molecule has 0 radical (unpaired) electrons. The first-order valence-corrected chi connectivity index (χ1v) is 9.37. The summed E-state index contributed by atoms with van der Waals surface area (Å²) in [5, 5.41) is 0. The average Bonchev–Trinajstić information content (AvgIpc) is 3.10. The van der Waals surface area contributed by atoms with E-state index >= 15 is 0 Å². The van der Waals surface area contributed by atoms with Gasteiger partial charge in [0.2, 0.25) is 0 Å². The van der Waals surface area contributed by atoms with Gasteiger partial charge in [-0.3, -0.25) is 16.2 Å². The fraction of sp³-hybridized carbons (Fsp3) is 1.00. The summed E-state index contributed by atoms with van der Waals surface area (Å²) in [7, 11) is 0. The summed E-state index contributed by atoms with van der Waals surface area (Å²) < 4.78 is 0. The standard InChI is InChI=1S/C18H35N3/c1-14-11-15(2)13-16(12-14)17(20-19)18(7-3-4-8-18)21-9-5-6-10-21/h14-17,20H,3-13,19H2,1-2H3. The summed E-state index contributed by atoms with van der Waals surface area (Å²) in [6.45, 7) is 7.48. The first kappa shape index (κ1) is 15.8. The first-order chi connectivity index (χ1) is 10.2. The van der Waals surface area contributed by atoms with Crippen LogP contribution in [0, 0.1) is 17.8 Å². The summed E-state index contributed by atoms with van der Waals surface area (Å²) in [6, 6.07) is 0.503. The van der Waals surface area contributed by atoms with Gasteiger partial charge in [0.15, 0.2) is 0 Å². The van der Waals surface area contributed by atoms with Crippen LogP contribution >= 0.6 is 0 Å². The van der Waals surface area contributed by atoms with Crippen LogP contribution in [-0.4, -0.2) is 29.6 Å². The molecular formula is C18H35N3. The lowest BCUT2D eigenvalue weighted by molar-refractivity contribution is 0.0275. The highest BCUT2D eigenvalue weighted by Crippen LogP contribution is 2.46. The SMILES string of the molecule is CC1CC(C)CC(C(NN)C2(N3CCCC3)CCCC2)C1. The molecule has 3 N–H and O–H groups in total. The lowest BCUT2D eigenvalue weighted by Gasteiger charge is -2.50. The van der Waals surface area contributed by atoms with E-state index in [1.165, 1.54) is 70.9 Å². The summed E-state index contributed by atoms with van der Waals surface area (Å²) >= 11 is 0. The molecule has 3 rings (SSSR count). The van der Waals surface area contributed by atoms with Crippen molar-refractivity contribution < 1.29 is 0 Å². The Morgan fingerprint density at radius 3 is 2.05 bits per heavy atom. The average molecular weight is 293 g/mol. The van der Waals surface area contributed by atoms with Gasteiger partial charge in [-0.05, 0) is 75.8 Å². The first-order valence-electron chi connectivity index (χ1n) is 9.37. The van der Waals surface area contributed by atoms with Gasteiger partial charge in [0.1, 0.15) is 0 Å². The van der Waals surface area contributed by atoms with Gasteiger partial charge in [-0.25, -0.2) is 0 Å². The van der Waals surface area contributed by atoms with Crippen LogP contribution in [0.5, 0.6) is 0 Å². The molecule has 3 heteroatoms. The largest absolute Gasteiger partial charge is 0.296 e. The Morgan fingerprint density at radius 1 is 0.952 bits per heavy atom. The maximum atomic E-state index is 6.15. The number of hydrazine groups is 1. The van der Waals surface area contributed by atoms with E-state index in [9.17, 15) is 0 Å². The molecule has 1 heterocycles. The highest BCUT2D eigenvalue weighted by Gasteiger charge is 2.49. The van der Waals surface area contributed by atoms with E-state index in [1.807, 2.05) is 0 Å². The van der Waals surface area contributed by atoms with E-state index in [2.05, 4.69) is 24.2 Å². The maximum Gasteiger partial charge on any atom is 0.0423 e. The molecule has 0 amide bonds. The van der Waals surface area contributed by atoms with Crippen molar-refractivity contribution in [2.75, 3.05) is 13.1 Å². The van der Waals surface area contributed by atoms with Crippen LogP contribution in [0.4, 0.5) is 0 Å². The highest BCUT2D eigenvalue weighted by molar-refractivity contribution is 5.07. The Hall–Kier alpha value is -0.120. The molecule has 21 heavy (non-hydrogen) atoms. The Labute approximate surface area is 131 Å². The predicted molar refractivity (Wildman–Crippen MR) is 88.8 cm³/mol. The van der Waals surface area contributed by atoms with Crippen molar-refractivity contribution in [1.82, 2.24) is 10.3 Å². The van der Waals surface area contributed by atoms with Crippen LogP contribution in [0.1, 0.15) is 71.6 Å². The van der Waals surface area contributed by atoms with Crippen molar-refractivity contribution in [3.63, 3.8) is 0 Å². The normalized spacial score (nSPS) is 38.7. The Bertz CT molecular complexity index is 321. The van der Waals surface area contributed by atoms with Gasteiger partial charge < -0.3 is 0 Å². The number of likely N-dealkylation sites (tertiary alicyclic amines) is 1. The van der Waals surface area contributed by atoms with Crippen LogP contribution in [0.3, 0.4) is 0 Å². The van der Waals surface area contributed by atoms with E-state index in [1.54, 1.807) is 0 Å². The Kier molecular flexibility index (Phi) is 4.92. The van der Waals surface area contributed by atoms with Crippen LogP contribution in [-0.2, 0) is 0 Å². The van der Waals surface area contributed by atoms with Crippen LogP contribution in [0.15, 0.2) is 0 Å². The molecule has 0 spiro atoms. The molecule has 0 bridgehead atoms. The third-order valence-corrected chi connectivity index (χ3v) is 6.65. The number of hydrogen-bond acceptors (Lipinski definition) is 3. The molecule has 3 unspecified atom stereocenters. The van der Waals surface area contributed by atoms with Gasteiger partial charge >= 0.3 is 0 Å². The zero-order valence-electron chi connectivity index (χ0n) is 14.1. The second kappa shape index (κ2) is 6.55. The molecule has 3 atom stereocenters. The summed E-state index contributed by atoms with van der Waals surface area (Å²) in [5.74, 6) is 8.66. The van der Waals surface area contributed by atoms with E-state index in [-0.39, 0.29) is 0 Å². The van der Waals surface area contributed by atoms with Gasteiger partial charge in [-0.2, -0.15) is 0 Å². The minimum absolute atomic E-state index is 0.368. The molecule has 0 aromatic heterocycles. The van der Waals surface area contributed by atoms with Crippen LogP contribution in [0.25, 0.3) is 0 Å². The molecule has 1 aliphatic heterocycles. The van der Waals surface area contributed by atoms with Crippen molar-refractivity contribution in [1.29, 1.82) is 0 Å². The number of nitrogens with one attached hydrogen (secondary N) is 1. The fourth-order valence-corrected chi connectivity index (χ4v) is 5.98. The summed E-state index contributed by atoms with van der Waals surface area (Å²) in [6.07, 6.45) is 12.4. The number of nitrogens with zero attached hydrogens (tertiary/aromatic N) is 1. The van der Waals surface area contributed by atoms with Crippen molar-refractivity contribution in [2.45, 2.75) is 83.2 Å². The molecule has 1 saturated heterocycles. The monoisotopic (exact) mass is 293 g/mol.